The standard InChI is InChI=1S/C30H37N5O8S/c1-22-32-34(20-11-21-44(39,40)41)27(42-22)14-7-4-6-13-24-30(2,3)23-12-10-19-33(29(23)31-24)18-9-5-8-15-28(38)43-35-25(36)16-17-26(35)37/h4,6-7,10,12-14,19H,5,8-9,11,15-18,20-21H2,1-3H3. The van der Waals surface area contributed by atoms with E-state index in [2.05, 4.69) is 29.6 Å². The first-order valence-corrected chi connectivity index (χ1v) is 16.1. The molecule has 0 bridgehead atoms. The number of hydrogen-bond acceptors (Lipinski definition) is 11. The summed E-state index contributed by atoms with van der Waals surface area (Å²) in [4.78, 5) is 45.1. The Morgan fingerprint density at radius 2 is 1.89 bits per heavy atom. The van der Waals surface area contributed by atoms with Gasteiger partial charge in [0.1, 0.15) is 0 Å². The van der Waals surface area contributed by atoms with E-state index in [4.69, 9.17) is 14.6 Å². The van der Waals surface area contributed by atoms with E-state index in [1.54, 1.807) is 19.1 Å². The zero-order valence-corrected chi connectivity index (χ0v) is 25.9. The first kappa shape index (κ1) is 32.7. The van der Waals surface area contributed by atoms with E-state index in [-0.39, 0.29) is 37.6 Å². The second-order valence-corrected chi connectivity index (χ2v) is 12.6. The van der Waals surface area contributed by atoms with Crippen LogP contribution in [-0.4, -0.2) is 64.7 Å². The third-order valence-corrected chi connectivity index (χ3v) is 8.10. The summed E-state index contributed by atoms with van der Waals surface area (Å²) in [7, 11) is -4.28. The zero-order valence-electron chi connectivity index (χ0n) is 25.1. The summed E-state index contributed by atoms with van der Waals surface area (Å²) in [6.45, 7) is 6.88. The van der Waals surface area contributed by atoms with Gasteiger partial charge in [0, 0.05) is 44.6 Å². The first-order valence-electron chi connectivity index (χ1n) is 14.5. The molecule has 0 aromatic carbocycles. The lowest BCUT2D eigenvalue weighted by Crippen LogP contribution is -2.35. The summed E-state index contributed by atoms with van der Waals surface area (Å²) < 4.78 is 40.3. The van der Waals surface area contributed by atoms with Gasteiger partial charge in [0.05, 0.1) is 33.8 Å². The predicted octanol–water partition coefficient (Wildman–Crippen LogP) is 3.06. The zero-order chi connectivity index (χ0) is 31.9. The first-order chi connectivity index (χ1) is 20.8. The third kappa shape index (κ3) is 8.47. The highest BCUT2D eigenvalue weighted by atomic mass is 32.2. The Morgan fingerprint density at radius 1 is 1.14 bits per heavy atom. The lowest BCUT2D eigenvalue weighted by Gasteiger charge is -2.16. The molecule has 1 saturated heterocycles. The summed E-state index contributed by atoms with van der Waals surface area (Å²) in [6.07, 6.45) is 13.7. The summed E-state index contributed by atoms with van der Waals surface area (Å²) in [5.74, 6) is -0.258. The third-order valence-electron chi connectivity index (χ3n) is 7.31. The maximum absolute atomic E-state index is 12.0. The fourth-order valence-electron chi connectivity index (χ4n) is 4.97. The molecule has 0 aliphatic carbocycles. The number of hydrogen-bond donors (Lipinski definition) is 0. The van der Waals surface area contributed by atoms with Crippen LogP contribution in [0.4, 0.5) is 5.82 Å². The van der Waals surface area contributed by atoms with Crippen molar-refractivity contribution in [3.63, 3.8) is 0 Å². The van der Waals surface area contributed by atoms with Gasteiger partial charge in [-0.3, -0.25) is 9.59 Å². The molecule has 0 saturated carbocycles. The molecule has 3 aliphatic heterocycles. The van der Waals surface area contributed by atoms with Crippen LogP contribution in [0.5, 0.6) is 0 Å². The molecule has 1 aromatic rings. The fourth-order valence-corrected chi connectivity index (χ4v) is 5.45. The van der Waals surface area contributed by atoms with Crippen LogP contribution in [0.25, 0.3) is 0 Å². The molecule has 0 unspecified atom stereocenters. The molecule has 1 fully saturated rings. The number of pyridine rings is 1. The summed E-state index contributed by atoms with van der Waals surface area (Å²) in [5, 5.41) is 6.31. The number of nitrogens with zero attached hydrogens (tertiary/aromatic N) is 5. The summed E-state index contributed by atoms with van der Waals surface area (Å²) >= 11 is 0. The average Bonchev–Trinajstić information content (AvgIpc) is 3.55. The van der Waals surface area contributed by atoms with Crippen molar-refractivity contribution in [2.45, 2.75) is 77.7 Å². The highest BCUT2D eigenvalue weighted by molar-refractivity contribution is 7.85. The van der Waals surface area contributed by atoms with Gasteiger partial charge >= 0.3 is 11.8 Å². The smallest absolute Gasteiger partial charge is 0.333 e. The lowest BCUT2D eigenvalue weighted by molar-refractivity contribution is -0.684. The van der Waals surface area contributed by atoms with Gasteiger partial charge in [-0.25, -0.2) is 22.8 Å². The Kier molecular flexibility index (Phi) is 10.5. The Morgan fingerprint density at radius 3 is 2.61 bits per heavy atom. The van der Waals surface area contributed by atoms with Crippen LogP contribution >= 0.6 is 0 Å². The van der Waals surface area contributed by atoms with Gasteiger partial charge in [0.15, 0.2) is 5.71 Å². The molecule has 236 valence electrons. The van der Waals surface area contributed by atoms with Crippen LogP contribution in [0.2, 0.25) is 0 Å². The number of fused-ring (bicyclic) bond motifs is 1. The van der Waals surface area contributed by atoms with Gasteiger partial charge in [-0.2, -0.15) is 0 Å². The minimum atomic E-state index is -4.28. The molecular weight excluding hydrogens is 590 g/mol. The Bertz CT molecular complexity index is 1540. The number of aryl methyl sites for hydroxylation is 1. The molecule has 0 radical (unpaired) electrons. The van der Waals surface area contributed by atoms with E-state index in [9.17, 15) is 27.4 Å². The van der Waals surface area contributed by atoms with Crippen molar-refractivity contribution in [1.29, 1.82) is 0 Å². The van der Waals surface area contributed by atoms with Crippen molar-refractivity contribution in [1.82, 2.24) is 10.1 Å². The number of unbranched alkanes of at least 4 members (excludes halogenated alkanes) is 2. The molecule has 2 amide bonds. The second-order valence-electron chi connectivity index (χ2n) is 11.1. The topological polar surface area (TPSA) is 162 Å². The van der Waals surface area contributed by atoms with Crippen molar-refractivity contribution in [3.8, 4) is 0 Å². The molecule has 1 aromatic heterocycles. The summed E-state index contributed by atoms with van der Waals surface area (Å²) in [6, 6.07) is 4.07. The van der Waals surface area contributed by atoms with Crippen molar-refractivity contribution in [3.05, 3.63) is 60.2 Å². The Balaban J connectivity index is 1.29. The van der Waals surface area contributed by atoms with E-state index in [0.29, 0.717) is 29.8 Å². The number of rotatable bonds is 14. The number of allylic oxidation sites excluding steroid dienone is 5. The monoisotopic (exact) mass is 627 g/mol. The average molecular weight is 628 g/mol. The number of ether oxygens (including phenoxy) is 1. The largest absolute Gasteiger partial charge is 0.748 e. The van der Waals surface area contributed by atoms with Crippen LogP contribution in [0.15, 0.2) is 64.7 Å². The number of aromatic nitrogens is 1. The SMILES string of the molecule is CC1=NN(CCCS(=O)(=O)[O-])/C(=C/C=C/C=C/C2=Nc3c(ccc[n+]3CCCCCC(=O)ON3C(=O)CCC3=O)C2(C)C)O1. The van der Waals surface area contributed by atoms with Crippen molar-refractivity contribution >= 4 is 45.3 Å². The van der Waals surface area contributed by atoms with Gasteiger partial charge in [0.2, 0.25) is 11.8 Å². The number of hydrazone groups is 1. The molecule has 13 nitrogen and oxygen atoms in total. The normalized spacial score (nSPS) is 18.9. The number of carbonyl (C=O) groups excluding carboxylic acids is 3. The molecule has 0 N–H and O–H groups in total. The predicted molar refractivity (Wildman–Crippen MR) is 159 cm³/mol. The second kappa shape index (κ2) is 14.1. The van der Waals surface area contributed by atoms with Gasteiger partial charge in [-0.05, 0) is 62.7 Å². The van der Waals surface area contributed by atoms with Crippen LogP contribution < -0.4 is 4.57 Å². The molecular formula is C30H37N5O8S. The highest BCUT2D eigenvalue weighted by Crippen LogP contribution is 2.38. The van der Waals surface area contributed by atoms with E-state index >= 15 is 0 Å². The van der Waals surface area contributed by atoms with Crippen molar-refractivity contribution < 1.29 is 41.5 Å². The minimum Gasteiger partial charge on any atom is -0.748 e. The van der Waals surface area contributed by atoms with Crippen molar-refractivity contribution in [2.75, 3.05) is 12.3 Å². The quantitative estimate of drug-likeness (QED) is 0.0992. The van der Waals surface area contributed by atoms with E-state index < -0.39 is 33.7 Å². The molecule has 0 spiro atoms. The molecule has 14 heteroatoms. The molecule has 4 heterocycles. The highest BCUT2D eigenvalue weighted by Gasteiger charge is 2.41. The van der Waals surface area contributed by atoms with E-state index in [1.165, 1.54) is 5.01 Å². The van der Waals surface area contributed by atoms with Crippen LogP contribution in [0.1, 0.15) is 71.3 Å². The maximum Gasteiger partial charge on any atom is 0.333 e. The number of imide groups is 1. The fraction of sp³-hybridized carbons (Fsp3) is 0.467. The number of aliphatic imine (C=N–C) groups is 1. The Labute approximate surface area is 256 Å². The Hall–Kier alpha value is -4.17. The minimum absolute atomic E-state index is 0.0740. The number of hydroxylamine groups is 2. The molecule has 0 atom stereocenters. The van der Waals surface area contributed by atoms with Gasteiger partial charge in [0.25, 0.3) is 11.8 Å². The lowest BCUT2D eigenvalue weighted by atomic mass is 9.82. The van der Waals surface area contributed by atoms with Gasteiger partial charge in [-0.1, -0.05) is 18.2 Å². The number of amides is 2. The number of carbonyl (C=O) groups is 3. The molecule has 4 rings (SSSR count). The van der Waals surface area contributed by atoms with Crippen LogP contribution in [0.3, 0.4) is 0 Å². The van der Waals surface area contributed by atoms with E-state index in [1.807, 2.05) is 30.5 Å². The summed E-state index contributed by atoms with van der Waals surface area (Å²) in [5.41, 5.74) is 1.69. The molecule has 44 heavy (non-hydrogen) atoms. The van der Waals surface area contributed by atoms with Gasteiger partial charge < -0.3 is 14.1 Å². The van der Waals surface area contributed by atoms with Crippen molar-refractivity contribution in [2.24, 2.45) is 10.1 Å². The van der Waals surface area contributed by atoms with Gasteiger partial charge in [-0.15, -0.1) is 10.2 Å². The molecule has 3 aliphatic rings. The van der Waals surface area contributed by atoms with Crippen LogP contribution in [0, 0.1) is 0 Å². The maximum atomic E-state index is 12.0. The van der Waals surface area contributed by atoms with E-state index in [0.717, 1.165) is 29.9 Å². The van der Waals surface area contributed by atoms with Crippen LogP contribution in [-0.2, 0) is 46.0 Å².